The number of aromatic nitrogens is 4. The molecule has 3 heterocycles. The molecule has 124 valence electrons. The SMILES string of the molecule is Cc1ccc(-n2nnc3c(sc4nc5c(cc43)CCCC5)c2=O)cc1. The van der Waals surface area contributed by atoms with Crippen LogP contribution in [0.25, 0.3) is 26.1 Å². The molecule has 5 nitrogen and oxygen atoms in total. The summed E-state index contributed by atoms with van der Waals surface area (Å²) < 4.78 is 2.00. The van der Waals surface area contributed by atoms with E-state index in [0.717, 1.165) is 34.3 Å². The second-order valence-electron chi connectivity index (χ2n) is 6.58. The highest BCUT2D eigenvalue weighted by Gasteiger charge is 2.18. The second-order valence-corrected chi connectivity index (χ2v) is 7.57. The molecule has 4 aromatic rings. The minimum atomic E-state index is -0.130. The van der Waals surface area contributed by atoms with E-state index in [1.54, 1.807) is 0 Å². The normalized spacial score (nSPS) is 14.1. The molecule has 0 fully saturated rings. The van der Waals surface area contributed by atoms with Crippen molar-refractivity contribution in [2.45, 2.75) is 32.6 Å². The summed E-state index contributed by atoms with van der Waals surface area (Å²) in [5, 5.41) is 9.49. The van der Waals surface area contributed by atoms with Crippen molar-refractivity contribution in [2.75, 3.05) is 0 Å². The van der Waals surface area contributed by atoms with E-state index in [4.69, 9.17) is 4.98 Å². The van der Waals surface area contributed by atoms with Crippen molar-refractivity contribution < 1.29 is 0 Å². The first-order valence-corrected chi connectivity index (χ1v) is 9.30. The number of benzene rings is 1. The number of pyridine rings is 1. The van der Waals surface area contributed by atoms with Gasteiger partial charge in [-0.1, -0.05) is 22.9 Å². The quantitative estimate of drug-likeness (QED) is 0.527. The van der Waals surface area contributed by atoms with E-state index in [9.17, 15) is 4.79 Å². The molecular weight excluding hydrogens is 332 g/mol. The molecule has 1 aliphatic carbocycles. The molecule has 0 saturated heterocycles. The fourth-order valence-corrected chi connectivity index (χ4v) is 4.49. The topological polar surface area (TPSA) is 60.7 Å². The molecule has 0 N–H and O–H groups in total. The molecule has 0 aliphatic heterocycles. The first kappa shape index (κ1) is 14.7. The molecule has 1 aromatic carbocycles. The Morgan fingerprint density at radius 2 is 1.92 bits per heavy atom. The lowest BCUT2D eigenvalue weighted by atomic mass is 9.95. The Morgan fingerprint density at radius 3 is 2.76 bits per heavy atom. The molecule has 3 aromatic heterocycles. The van der Waals surface area contributed by atoms with E-state index in [1.165, 1.54) is 40.1 Å². The van der Waals surface area contributed by atoms with E-state index in [0.29, 0.717) is 10.2 Å². The van der Waals surface area contributed by atoms with Gasteiger partial charge in [-0.25, -0.2) is 4.98 Å². The minimum absolute atomic E-state index is 0.130. The third kappa shape index (κ3) is 2.28. The number of nitrogens with zero attached hydrogens (tertiary/aromatic N) is 4. The van der Waals surface area contributed by atoms with Gasteiger partial charge in [0.2, 0.25) is 0 Å². The Morgan fingerprint density at radius 1 is 1.12 bits per heavy atom. The first-order chi connectivity index (χ1) is 12.2. The highest BCUT2D eigenvalue weighted by atomic mass is 32.1. The molecule has 0 spiro atoms. The van der Waals surface area contributed by atoms with Gasteiger partial charge in [-0.2, -0.15) is 4.68 Å². The van der Waals surface area contributed by atoms with Gasteiger partial charge in [0.1, 0.15) is 15.0 Å². The van der Waals surface area contributed by atoms with Crippen LogP contribution in [0.3, 0.4) is 0 Å². The van der Waals surface area contributed by atoms with Gasteiger partial charge in [-0.15, -0.1) is 16.4 Å². The smallest absolute Gasteiger partial charge is 0.266 e. The van der Waals surface area contributed by atoms with E-state index < -0.39 is 0 Å². The summed E-state index contributed by atoms with van der Waals surface area (Å²) in [4.78, 5) is 18.7. The zero-order valence-electron chi connectivity index (χ0n) is 13.8. The van der Waals surface area contributed by atoms with Gasteiger partial charge >= 0.3 is 0 Å². The fraction of sp³-hybridized carbons (Fsp3) is 0.263. The first-order valence-electron chi connectivity index (χ1n) is 8.49. The fourth-order valence-electron chi connectivity index (χ4n) is 3.45. The van der Waals surface area contributed by atoms with Gasteiger partial charge < -0.3 is 0 Å². The van der Waals surface area contributed by atoms with E-state index in [1.807, 2.05) is 31.2 Å². The lowest BCUT2D eigenvalue weighted by Crippen LogP contribution is -2.21. The molecule has 0 atom stereocenters. The number of aryl methyl sites for hydroxylation is 3. The summed E-state index contributed by atoms with van der Waals surface area (Å²) in [7, 11) is 0. The molecule has 0 amide bonds. The summed E-state index contributed by atoms with van der Waals surface area (Å²) in [6.07, 6.45) is 4.48. The van der Waals surface area contributed by atoms with Crippen LogP contribution in [0.2, 0.25) is 0 Å². The highest BCUT2D eigenvalue weighted by Crippen LogP contribution is 2.32. The molecular formula is C19H16N4OS. The van der Waals surface area contributed by atoms with Gasteiger partial charge in [0.05, 0.1) is 5.69 Å². The van der Waals surface area contributed by atoms with Crippen molar-refractivity contribution in [1.29, 1.82) is 0 Å². The predicted molar refractivity (Wildman–Crippen MR) is 99.7 cm³/mol. The van der Waals surface area contributed by atoms with Crippen molar-refractivity contribution in [2.24, 2.45) is 0 Å². The lowest BCUT2D eigenvalue weighted by molar-refractivity contribution is 0.671. The molecule has 0 bridgehead atoms. The highest BCUT2D eigenvalue weighted by molar-refractivity contribution is 7.25. The largest absolute Gasteiger partial charge is 0.292 e. The summed E-state index contributed by atoms with van der Waals surface area (Å²) in [6, 6.07) is 9.88. The van der Waals surface area contributed by atoms with Gasteiger partial charge in [0.15, 0.2) is 0 Å². The monoisotopic (exact) mass is 348 g/mol. The Hall–Kier alpha value is -2.60. The Kier molecular flexibility index (Phi) is 3.21. The maximum Gasteiger partial charge on any atom is 0.292 e. The third-order valence-corrected chi connectivity index (χ3v) is 5.91. The Labute approximate surface area is 147 Å². The van der Waals surface area contributed by atoms with Crippen molar-refractivity contribution in [3.63, 3.8) is 0 Å². The molecule has 25 heavy (non-hydrogen) atoms. The Balaban J connectivity index is 1.77. The number of fused-ring (bicyclic) bond motifs is 4. The van der Waals surface area contributed by atoms with Crippen LogP contribution < -0.4 is 5.56 Å². The zero-order chi connectivity index (χ0) is 17.0. The number of thiophene rings is 1. The number of hydrogen-bond acceptors (Lipinski definition) is 5. The molecule has 1 aliphatic rings. The molecule has 5 rings (SSSR count). The van der Waals surface area contributed by atoms with Crippen LogP contribution in [-0.2, 0) is 12.8 Å². The molecule has 6 heteroatoms. The maximum atomic E-state index is 12.9. The van der Waals surface area contributed by atoms with Crippen molar-refractivity contribution in [3.8, 4) is 5.69 Å². The molecule has 0 saturated carbocycles. The van der Waals surface area contributed by atoms with E-state index in [-0.39, 0.29) is 5.56 Å². The minimum Gasteiger partial charge on any atom is -0.266 e. The Bertz CT molecular complexity index is 1170. The van der Waals surface area contributed by atoms with Crippen LogP contribution in [0.5, 0.6) is 0 Å². The number of rotatable bonds is 1. The van der Waals surface area contributed by atoms with Gasteiger partial charge in [-0.05, 0) is 56.4 Å². The van der Waals surface area contributed by atoms with Crippen LogP contribution in [0.1, 0.15) is 29.7 Å². The average molecular weight is 348 g/mol. The summed E-state index contributed by atoms with van der Waals surface area (Å²) in [5.41, 5.74) is 4.89. The molecule has 0 radical (unpaired) electrons. The van der Waals surface area contributed by atoms with Crippen LogP contribution in [0.15, 0.2) is 35.1 Å². The maximum absolute atomic E-state index is 12.9. The summed E-state index contributed by atoms with van der Waals surface area (Å²) in [5.74, 6) is 0. The predicted octanol–water partition coefficient (Wildman–Crippen LogP) is 3.58. The van der Waals surface area contributed by atoms with Gasteiger partial charge in [-0.3, -0.25) is 4.79 Å². The van der Waals surface area contributed by atoms with Crippen LogP contribution >= 0.6 is 11.3 Å². The van der Waals surface area contributed by atoms with E-state index in [2.05, 4.69) is 16.4 Å². The van der Waals surface area contributed by atoms with Gasteiger partial charge in [0.25, 0.3) is 5.56 Å². The zero-order valence-corrected chi connectivity index (χ0v) is 14.6. The van der Waals surface area contributed by atoms with Gasteiger partial charge in [0, 0.05) is 11.1 Å². The summed E-state index contributed by atoms with van der Waals surface area (Å²) in [6.45, 7) is 2.01. The lowest BCUT2D eigenvalue weighted by Gasteiger charge is -2.13. The van der Waals surface area contributed by atoms with Crippen LogP contribution in [0, 0.1) is 6.92 Å². The number of hydrogen-bond donors (Lipinski definition) is 0. The average Bonchev–Trinajstić information content (AvgIpc) is 3.00. The third-order valence-electron chi connectivity index (χ3n) is 4.83. The molecule has 0 unspecified atom stereocenters. The van der Waals surface area contributed by atoms with Crippen molar-refractivity contribution >= 4 is 31.8 Å². The van der Waals surface area contributed by atoms with Crippen molar-refractivity contribution in [1.82, 2.24) is 20.0 Å². The second kappa shape index (κ2) is 5.46. The van der Waals surface area contributed by atoms with Crippen LogP contribution in [0.4, 0.5) is 0 Å². The van der Waals surface area contributed by atoms with E-state index >= 15 is 0 Å². The van der Waals surface area contributed by atoms with Crippen molar-refractivity contribution in [3.05, 3.63) is 57.5 Å². The summed E-state index contributed by atoms with van der Waals surface area (Å²) >= 11 is 1.43. The standard InChI is InChI=1S/C19H16N4OS/c1-11-6-8-13(9-7-11)23-19(24)17-16(21-22-23)14-10-12-4-2-3-5-15(12)20-18(14)25-17/h6-10H,2-5H2,1H3. The van der Waals surface area contributed by atoms with Crippen LogP contribution in [-0.4, -0.2) is 20.0 Å².